The number of fused-ring (bicyclic) bond motifs is 2. The molecule has 5 heteroatoms. The molecule has 0 aromatic carbocycles. The highest BCUT2D eigenvalue weighted by molar-refractivity contribution is 5.88. The number of ether oxygens (including phenoxy) is 1. The molecule has 5 nitrogen and oxygen atoms in total. The van der Waals surface area contributed by atoms with Crippen LogP contribution < -0.4 is 5.73 Å². The first-order valence-corrected chi connectivity index (χ1v) is 5.47. The van der Waals surface area contributed by atoms with Crippen LogP contribution in [0.4, 0.5) is 4.79 Å². The SMILES string of the molecule is C=CC(=O)N1C2CCC1(COC(N)=O)CC2. The molecular formula is C11H16N2O3. The molecule has 0 saturated carbocycles. The molecule has 16 heavy (non-hydrogen) atoms. The van der Waals surface area contributed by atoms with Gasteiger partial charge in [-0.25, -0.2) is 4.79 Å². The highest BCUT2D eigenvalue weighted by atomic mass is 16.5. The van der Waals surface area contributed by atoms with Crippen molar-refractivity contribution in [2.75, 3.05) is 6.61 Å². The lowest BCUT2D eigenvalue weighted by atomic mass is 9.88. The molecule has 2 saturated heterocycles. The van der Waals surface area contributed by atoms with Gasteiger partial charge in [-0.05, 0) is 31.8 Å². The molecule has 0 aromatic rings. The summed E-state index contributed by atoms with van der Waals surface area (Å²) in [5.41, 5.74) is 4.64. The first kappa shape index (κ1) is 11.0. The van der Waals surface area contributed by atoms with E-state index in [0.717, 1.165) is 25.7 Å². The molecule has 88 valence electrons. The largest absolute Gasteiger partial charge is 0.447 e. The molecule has 0 atom stereocenters. The Morgan fingerprint density at radius 1 is 1.50 bits per heavy atom. The fourth-order valence-electron chi connectivity index (χ4n) is 2.96. The van der Waals surface area contributed by atoms with E-state index in [1.54, 1.807) is 0 Å². The van der Waals surface area contributed by atoms with E-state index in [1.807, 2.05) is 4.90 Å². The van der Waals surface area contributed by atoms with Crippen molar-refractivity contribution in [2.45, 2.75) is 37.3 Å². The zero-order chi connectivity index (χ0) is 11.8. The molecule has 0 radical (unpaired) electrons. The van der Waals surface area contributed by atoms with Crippen molar-refractivity contribution in [2.24, 2.45) is 5.73 Å². The molecule has 2 N–H and O–H groups in total. The van der Waals surface area contributed by atoms with E-state index < -0.39 is 6.09 Å². The lowest BCUT2D eigenvalue weighted by Gasteiger charge is -2.33. The maximum atomic E-state index is 11.8. The number of hydrogen-bond donors (Lipinski definition) is 1. The van der Waals surface area contributed by atoms with Crippen molar-refractivity contribution >= 4 is 12.0 Å². The van der Waals surface area contributed by atoms with E-state index in [9.17, 15) is 9.59 Å². The average molecular weight is 224 g/mol. The number of primary amides is 1. The van der Waals surface area contributed by atoms with Crippen LogP contribution in [0.15, 0.2) is 12.7 Å². The van der Waals surface area contributed by atoms with Gasteiger partial charge < -0.3 is 15.4 Å². The molecule has 0 aliphatic carbocycles. The molecule has 2 heterocycles. The van der Waals surface area contributed by atoms with Crippen molar-refractivity contribution in [1.82, 2.24) is 4.90 Å². The summed E-state index contributed by atoms with van der Waals surface area (Å²) < 4.78 is 4.88. The minimum absolute atomic E-state index is 0.0759. The summed E-state index contributed by atoms with van der Waals surface area (Å²) in [6.45, 7) is 3.71. The Morgan fingerprint density at radius 3 is 2.62 bits per heavy atom. The van der Waals surface area contributed by atoms with Crippen LogP contribution >= 0.6 is 0 Å². The van der Waals surface area contributed by atoms with Gasteiger partial charge in [0.2, 0.25) is 5.91 Å². The standard InChI is InChI=1S/C11H16N2O3/c1-2-9(14)13-8-3-5-11(13,6-4-8)7-16-10(12)15/h2,8H,1,3-7H2,(H2,12,15). The minimum atomic E-state index is -0.782. The number of nitrogens with two attached hydrogens (primary N) is 1. The maximum absolute atomic E-state index is 11.8. The molecule has 0 unspecified atom stereocenters. The number of carbonyl (C=O) groups is 2. The Balaban J connectivity index is 2.14. The number of nitrogens with zero attached hydrogens (tertiary/aromatic N) is 1. The minimum Gasteiger partial charge on any atom is -0.447 e. The third kappa shape index (κ3) is 1.56. The van der Waals surface area contributed by atoms with Gasteiger partial charge >= 0.3 is 6.09 Å². The van der Waals surface area contributed by atoms with E-state index >= 15 is 0 Å². The Morgan fingerprint density at radius 2 is 2.12 bits per heavy atom. The summed E-state index contributed by atoms with van der Waals surface area (Å²) in [6.07, 6.45) is 4.25. The summed E-state index contributed by atoms with van der Waals surface area (Å²) >= 11 is 0. The Hall–Kier alpha value is -1.52. The quantitative estimate of drug-likeness (QED) is 0.720. The van der Waals surface area contributed by atoms with Gasteiger partial charge in [-0.1, -0.05) is 6.58 Å². The van der Waals surface area contributed by atoms with Crippen LogP contribution in [-0.2, 0) is 9.53 Å². The van der Waals surface area contributed by atoms with E-state index in [4.69, 9.17) is 10.5 Å². The zero-order valence-corrected chi connectivity index (χ0v) is 9.15. The predicted molar refractivity (Wildman–Crippen MR) is 57.6 cm³/mol. The van der Waals surface area contributed by atoms with Gasteiger partial charge in [0.05, 0.1) is 5.54 Å². The molecule has 2 rings (SSSR count). The van der Waals surface area contributed by atoms with Crippen LogP contribution in [0.2, 0.25) is 0 Å². The Labute approximate surface area is 94.2 Å². The van der Waals surface area contributed by atoms with Gasteiger partial charge in [0, 0.05) is 6.04 Å². The third-order valence-electron chi connectivity index (χ3n) is 3.66. The summed E-state index contributed by atoms with van der Waals surface area (Å²) in [5, 5.41) is 0. The van der Waals surface area contributed by atoms with Crippen molar-refractivity contribution < 1.29 is 14.3 Å². The molecule has 2 bridgehead atoms. The molecule has 2 amide bonds. The first-order chi connectivity index (χ1) is 7.59. The average Bonchev–Trinajstić information content (AvgIpc) is 2.81. The topological polar surface area (TPSA) is 72.6 Å². The van der Waals surface area contributed by atoms with E-state index in [1.165, 1.54) is 6.08 Å². The van der Waals surface area contributed by atoms with Crippen molar-refractivity contribution in [3.63, 3.8) is 0 Å². The molecular weight excluding hydrogens is 208 g/mol. The van der Waals surface area contributed by atoms with Crippen LogP contribution in [0.5, 0.6) is 0 Å². The smallest absolute Gasteiger partial charge is 0.404 e. The Bertz CT molecular complexity index is 332. The first-order valence-electron chi connectivity index (χ1n) is 5.47. The highest BCUT2D eigenvalue weighted by Crippen LogP contribution is 2.46. The maximum Gasteiger partial charge on any atom is 0.404 e. The van der Waals surface area contributed by atoms with Crippen molar-refractivity contribution in [3.8, 4) is 0 Å². The van der Waals surface area contributed by atoms with E-state index in [-0.39, 0.29) is 24.1 Å². The number of hydrogen-bond acceptors (Lipinski definition) is 3. The molecule has 2 fully saturated rings. The summed E-state index contributed by atoms with van der Waals surface area (Å²) in [4.78, 5) is 24.2. The van der Waals surface area contributed by atoms with Crippen LogP contribution in [0.3, 0.4) is 0 Å². The summed E-state index contributed by atoms with van der Waals surface area (Å²) in [6, 6.07) is 0.280. The lowest BCUT2D eigenvalue weighted by Crippen LogP contribution is -2.48. The summed E-state index contributed by atoms with van der Waals surface area (Å²) in [5.74, 6) is -0.0759. The number of rotatable bonds is 3. The normalized spacial score (nSPS) is 31.5. The number of amides is 2. The van der Waals surface area contributed by atoms with Gasteiger partial charge in [0.1, 0.15) is 6.61 Å². The van der Waals surface area contributed by atoms with Crippen molar-refractivity contribution in [3.05, 3.63) is 12.7 Å². The molecule has 0 aromatic heterocycles. The molecule has 0 spiro atoms. The lowest BCUT2D eigenvalue weighted by molar-refractivity contribution is -0.131. The molecule has 2 aliphatic rings. The van der Waals surface area contributed by atoms with Gasteiger partial charge in [-0.15, -0.1) is 0 Å². The second kappa shape index (κ2) is 3.81. The van der Waals surface area contributed by atoms with E-state index in [2.05, 4.69) is 6.58 Å². The zero-order valence-electron chi connectivity index (χ0n) is 9.15. The monoisotopic (exact) mass is 224 g/mol. The van der Waals surface area contributed by atoms with Gasteiger partial charge in [-0.3, -0.25) is 4.79 Å². The van der Waals surface area contributed by atoms with Gasteiger partial charge in [0.15, 0.2) is 0 Å². The third-order valence-corrected chi connectivity index (χ3v) is 3.66. The van der Waals surface area contributed by atoms with Crippen LogP contribution in [0.1, 0.15) is 25.7 Å². The second-order valence-electron chi connectivity index (χ2n) is 4.48. The number of carbonyl (C=O) groups excluding carboxylic acids is 2. The predicted octanol–water partition coefficient (Wildman–Crippen LogP) is 0.791. The second-order valence-corrected chi connectivity index (χ2v) is 4.48. The van der Waals surface area contributed by atoms with E-state index in [0.29, 0.717) is 0 Å². The fourth-order valence-corrected chi connectivity index (χ4v) is 2.96. The Kier molecular flexibility index (Phi) is 2.61. The van der Waals surface area contributed by atoms with Crippen LogP contribution in [0.25, 0.3) is 0 Å². The molecule has 2 aliphatic heterocycles. The van der Waals surface area contributed by atoms with Crippen LogP contribution in [-0.4, -0.2) is 35.1 Å². The van der Waals surface area contributed by atoms with Crippen molar-refractivity contribution in [1.29, 1.82) is 0 Å². The van der Waals surface area contributed by atoms with Gasteiger partial charge in [0.25, 0.3) is 0 Å². The van der Waals surface area contributed by atoms with Crippen LogP contribution in [0, 0.1) is 0 Å². The van der Waals surface area contributed by atoms with Gasteiger partial charge in [-0.2, -0.15) is 0 Å². The highest BCUT2D eigenvalue weighted by Gasteiger charge is 2.53. The summed E-state index contributed by atoms with van der Waals surface area (Å²) in [7, 11) is 0. The fraction of sp³-hybridized carbons (Fsp3) is 0.636.